The molecule has 0 aliphatic carbocycles. The summed E-state index contributed by atoms with van der Waals surface area (Å²) < 4.78 is 4.53. The number of unbranched alkanes of at least 4 members (excludes halogenated alkanes) is 37. The van der Waals surface area contributed by atoms with Gasteiger partial charge in [0.05, 0.1) is 6.61 Å². The third kappa shape index (κ3) is 41.3. The molecular weight excluding hydrogens is 540 g/mol. The smallest absolute Gasteiger partial charge is 0.450 e. The van der Waals surface area contributed by atoms with Gasteiger partial charge < -0.3 is 9.84 Å². The molecule has 0 aromatic rings. The number of rotatable bonds is 39. The molecule has 3 heteroatoms. The minimum absolute atomic E-state index is 0.356. The standard InChI is InChI=1S/C41H82O3/c1-2-3-4-5-6-7-8-9-10-11-12-13-14-15-16-17-18-19-20-21-22-23-24-25-26-27-28-29-30-31-32-33-34-35-36-37-38-39-40-44-41(42)43/h2-40H2,1H3,(H,42,43). The van der Waals surface area contributed by atoms with Crippen molar-refractivity contribution in [3.63, 3.8) is 0 Å². The summed E-state index contributed by atoms with van der Waals surface area (Å²) in [6.45, 7) is 2.66. The van der Waals surface area contributed by atoms with Gasteiger partial charge in [-0.15, -0.1) is 0 Å². The molecule has 3 nitrogen and oxygen atoms in total. The summed E-state index contributed by atoms with van der Waals surface area (Å²) >= 11 is 0. The van der Waals surface area contributed by atoms with Crippen LogP contribution in [0.15, 0.2) is 0 Å². The molecule has 0 radical (unpaired) electrons. The lowest BCUT2D eigenvalue weighted by Crippen LogP contribution is -2.01. The minimum atomic E-state index is -1.15. The molecule has 0 unspecified atom stereocenters. The predicted octanol–water partition coefficient (Wildman–Crippen LogP) is 15.5. The molecule has 0 bridgehead atoms. The lowest BCUT2D eigenvalue weighted by Gasteiger charge is -2.05. The van der Waals surface area contributed by atoms with E-state index in [1.807, 2.05) is 0 Å². The van der Waals surface area contributed by atoms with Crippen molar-refractivity contribution in [1.82, 2.24) is 0 Å². The second-order valence-electron chi connectivity index (χ2n) is 14.2. The Balaban J connectivity index is 3.04. The maximum Gasteiger partial charge on any atom is 0.505 e. The monoisotopic (exact) mass is 623 g/mol. The second kappa shape index (κ2) is 40.3. The zero-order chi connectivity index (χ0) is 31.9. The average molecular weight is 623 g/mol. The fraction of sp³-hybridized carbons (Fsp3) is 0.976. The summed E-state index contributed by atoms with van der Waals surface area (Å²) in [7, 11) is 0. The Morgan fingerprint density at radius 3 is 0.636 bits per heavy atom. The molecule has 0 rings (SSSR count). The largest absolute Gasteiger partial charge is 0.505 e. The molecule has 0 aliphatic heterocycles. The summed E-state index contributed by atoms with van der Waals surface area (Å²) in [5.41, 5.74) is 0. The number of ether oxygens (including phenoxy) is 1. The van der Waals surface area contributed by atoms with Crippen molar-refractivity contribution in [2.45, 2.75) is 251 Å². The Kier molecular flexibility index (Phi) is 39.6. The van der Waals surface area contributed by atoms with Gasteiger partial charge in [-0.2, -0.15) is 0 Å². The van der Waals surface area contributed by atoms with E-state index in [1.165, 1.54) is 231 Å². The minimum Gasteiger partial charge on any atom is -0.450 e. The van der Waals surface area contributed by atoms with E-state index in [0.29, 0.717) is 6.61 Å². The highest BCUT2D eigenvalue weighted by molar-refractivity contribution is 5.56. The van der Waals surface area contributed by atoms with Gasteiger partial charge in [-0.3, -0.25) is 0 Å². The van der Waals surface area contributed by atoms with Crippen LogP contribution < -0.4 is 0 Å². The van der Waals surface area contributed by atoms with E-state index in [2.05, 4.69) is 11.7 Å². The van der Waals surface area contributed by atoms with Crippen LogP contribution in [0, 0.1) is 0 Å². The van der Waals surface area contributed by atoms with E-state index in [4.69, 9.17) is 5.11 Å². The highest BCUT2D eigenvalue weighted by Gasteiger charge is 1.99. The van der Waals surface area contributed by atoms with Crippen LogP contribution in [-0.4, -0.2) is 17.9 Å². The highest BCUT2D eigenvalue weighted by Crippen LogP contribution is 2.17. The van der Waals surface area contributed by atoms with E-state index in [-0.39, 0.29) is 0 Å². The summed E-state index contributed by atoms with van der Waals surface area (Å²) in [5, 5.41) is 8.42. The van der Waals surface area contributed by atoms with Gasteiger partial charge in [0.15, 0.2) is 0 Å². The van der Waals surface area contributed by atoms with E-state index in [0.717, 1.165) is 12.8 Å². The zero-order valence-electron chi connectivity index (χ0n) is 30.3. The molecular formula is C41H82O3. The first kappa shape index (κ1) is 43.3. The summed E-state index contributed by atoms with van der Waals surface area (Å²) in [4.78, 5) is 10.3. The molecule has 0 saturated carbocycles. The zero-order valence-corrected chi connectivity index (χ0v) is 30.3. The summed E-state index contributed by atoms with van der Waals surface area (Å²) in [6.07, 6.45) is 52.8. The Hall–Kier alpha value is -0.730. The van der Waals surface area contributed by atoms with E-state index >= 15 is 0 Å². The van der Waals surface area contributed by atoms with Gasteiger partial charge in [-0.25, -0.2) is 4.79 Å². The van der Waals surface area contributed by atoms with Crippen LogP contribution in [0.5, 0.6) is 0 Å². The van der Waals surface area contributed by atoms with E-state index in [9.17, 15) is 4.79 Å². The number of carboxylic acid groups (broad SMARTS) is 1. The molecule has 0 aromatic heterocycles. The first-order valence-electron chi connectivity index (χ1n) is 20.6. The quantitative estimate of drug-likeness (QED) is 0.0548. The van der Waals surface area contributed by atoms with Crippen molar-refractivity contribution in [1.29, 1.82) is 0 Å². The van der Waals surface area contributed by atoms with Gasteiger partial charge in [0.25, 0.3) is 0 Å². The Labute approximate surface area is 277 Å². The lowest BCUT2D eigenvalue weighted by atomic mass is 10.0. The van der Waals surface area contributed by atoms with Crippen molar-refractivity contribution >= 4 is 6.16 Å². The van der Waals surface area contributed by atoms with Gasteiger partial charge in [0.1, 0.15) is 0 Å². The van der Waals surface area contributed by atoms with Crippen molar-refractivity contribution in [2.24, 2.45) is 0 Å². The Bertz CT molecular complexity index is 520. The van der Waals surface area contributed by atoms with Crippen LogP contribution in [0.4, 0.5) is 4.79 Å². The molecule has 0 saturated heterocycles. The van der Waals surface area contributed by atoms with Crippen LogP contribution in [0.3, 0.4) is 0 Å². The predicted molar refractivity (Wildman–Crippen MR) is 195 cm³/mol. The van der Waals surface area contributed by atoms with Gasteiger partial charge in [-0.1, -0.05) is 244 Å². The molecule has 0 aromatic carbocycles. The molecule has 0 fully saturated rings. The van der Waals surface area contributed by atoms with Crippen LogP contribution in [0.2, 0.25) is 0 Å². The van der Waals surface area contributed by atoms with Crippen molar-refractivity contribution in [2.75, 3.05) is 6.61 Å². The molecule has 0 heterocycles. The third-order valence-corrected chi connectivity index (χ3v) is 9.72. The second-order valence-corrected chi connectivity index (χ2v) is 14.2. The summed E-state index contributed by atoms with van der Waals surface area (Å²) in [6, 6.07) is 0. The normalized spacial score (nSPS) is 11.4. The van der Waals surface area contributed by atoms with Crippen LogP contribution >= 0.6 is 0 Å². The van der Waals surface area contributed by atoms with Crippen molar-refractivity contribution in [3.8, 4) is 0 Å². The number of carbonyl (C=O) groups is 1. The van der Waals surface area contributed by atoms with Crippen LogP contribution in [0.1, 0.15) is 251 Å². The highest BCUT2D eigenvalue weighted by atomic mass is 16.7. The van der Waals surface area contributed by atoms with Gasteiger partial charge in [0, 0.05) is 0 Å². The molecule has 0 amide bonds. The first-order valence-corrected chi connectivity index (χ1v) is 20.6. The Morgan fingerprint density at radius 1 is 0.318 bits per heavy atom. The molecule has 1 N–H and O–H groups in total. The Morgan fingerprint density at radius 2 is 0.477 bits per heavy atom. The number of hydrogen-bond donors (Lipinski definition) is 1. The van der Waals surface area contributed by atoms with Crippen molar-refractivity contribution < 1.29 is 14.6 Å². The third-order valence-electron chi connectivity index (χ3n) is 9.72. The summed E-state index contributed by atoms with van der Waals surface area (Å²) in [5.74, 6) is 0. The maximum absolute atomic E-state index is 10.3. The fourth-order valence-corrected chi connectivity index (χ4v) is 6.70. The molecule has 0 spiro atoms. The maximum atomic E-state index is 10.3. The number of hydrogen-bond acceptors (Lipinski definition) is 2. The van der Waals surface area contributed by atoms with Gasteiger partial charge >= 0.3 is 6.16 Å². The molecule has 264 valence electrons. The average Bonchev–Trinajstić information content (AvgIpc) is 3.02. The topological polar surface area (TPSA) is 46.5 Å². The molecule has 44 heavy (non-hydrogen) atoms. The molecule has 0 atom stereocenters. The fourth-order valence-electron chi connectivity index (χ4n) is 6.70. The first-order chi connectivity index (χ1) is 21.8. The van der Waals surface area contributed by atoms with Gasteiger partial charge in [0.2, 0.25) is 0 Å². The molecule has 0 aliphatic rings. The van der Waals surface area contributed by atoms with E-state index < -0.39 is 6.16 Å². The van der Waals surface area contributed by atoms with E-state index in [1.54, 1.807) is 0 Å². The van der Waals surface area contributed by atoms with Crippen LogP contribution in [0.25, 0.3) is 0 Å². The van der Waals surface area contributed by atoms with Gasteiger partial charge in [-0.05, 0) is 6.42 Å². The van der Waals surface area contributed by atoms with Crippen LogP contribution in [-0.2, 0) is 4.74 Å². The SMILES string of the molecule is CCCCCCCCCCCCCCCCCCCCCCCCCCCCCCCCCCCCCCCCOC(=O)O. The lowest BCUT2D eigenvalue weighted by molar-refractivity contribution is 0.0899. The van der Waals surface area contributed by atoms with Crippen molar-refractivity contribution in [3.05, 3.63) is 0 Å².